The predicted octanol–water partition coefficient (Wildman–Crippen LogP) is 7.85. The van der Waals surface area contributed by atoms with Crippen LogP contribution in [0.2, 0.25) is 0 Å². The van der Waals surface area contributed by atoms with Gasteiger partial charge in [0, 0.05) is 23.7 Å². The van der Waals surface area contributed by atoms with Crippen LogP contribution in [0.3, 0.4) is 0 Å². The van der Waals surface area contributed by atoms with Gasteiger partial charge < -0.3 is 15.5 Å². The number of aryl methyl sites for hydroxylation is 1. The fourth-order valence-corrected chi connectivity index (χ4v) is 4.69. The Bertz CT molecular complexity index is 1300. The Labute approximate surface area is 240 Å². The highest BCUT2D eigenvalue weighted by Crippen LogP contribution is 2.33. The third-order valence-electron chi connectivity index (χ3n) is 6.80. The number of nitrogens with one attached hydrogen (secondary N) is 2. The monoisotopic (exact) mass is 545 g/mol. The van der Waals surface area contributed by atoms with Crippen molar-refractivity contribution in [3.05, 3.63) is 70.9 Å². The molecule has 0 aliphatic carbocycles. The first-order valence-electron chi connectivity index (χ1n) is 14.3. The van der Waals surface area contributed by atoms with Crippen molar-refractivity contribution in [1.29, 1.82) is 0 Å². The van der Waals surface area contributed by atoms with Crippen LogP contribution in [0.5, 0.6) is 0 Å². The van der Waals surface area contributed by atoms with Crippen LogP contribution >= 0.6 is 0 Å². The van der Waals surface area contributed by atoms with E-state index < -0.39 is 0 Å². The number of hydrogen-bond acceptors (Lipinski definition) is 3. The maximum absolute atomic E-state index is 13.7. The zero-order chi connectivity index (χ0) is 29.8. The van der Waals surface area contributed by atoms with Gasteiger partial charge in [-0.1, -0.05) is 92.6 Å². The number of para-hydroxylation sites is 1. The lowest BCUT2D eigenvalue weighted by molar-refractivity contribution is -0.116. The summed E-state index contributed by atoms with van der Waals surface area (Å²) in [5.74, 6) is 0.988. The van der Waals surface area contributed by atoms with Crippen molar-refractivity contribution in [3.63, 3.8) is 0 Å². The standard InChI is InChI=1S/C33H47N5O2/c1-21(2)19-37(32(40)35-31-26(22(3)4)15-12-16-27(31)23(5)6)20-30(39)34-29-18-28(33(8,9)10)36-38(29)25-14-11-13-24(7)17-25/h11-18,21-23H,19-20H2,1-10H3,(H,34,39)(H,35,40). The van der Waals surface area contributed by atoms with E-state index in [0.29, 0.717) is 12.4 Å². The van der Waals surface area contributed by atoms with Crippen molar-refractivity contribution in [3.8, 4) is 5.69 Å². The summed E-state index contributed by atoms with van der Waals surface area (Å²) in [7, 11) is 0. The normalized spacial score (nSPS) is 11.8. The molecule has 0 saturated carbocycles. The number of aromatic nitrogens is 2. The Morgan fingerprint density at radius 1 is 0.900 bits per heavy atom. The highest BCUT2D eigenvalue weighted by atomic mass is 16.2. The zero-order valence-electron chi connectivity index (χ0n) is 25.9. The summed E-state index contributed by atoms with van der Waals surface area (Å²) in [6.07, 6.45) is 0. The first-order valence-corrected chi connectivity index (χ1v) is 14.3. The summed E-state index contributed by atoms with van der Waals surface area (Å²) in [5, 5.41) is 11.0. The third-order valence-corrected chi connectivity index (χ3v) is 6.80. The predicted molar refractivity (Wildman–Crippen MR) is 166 cm³/mol. The molecular formula is C33H47N5O2. The van der Waals surface area contributed by atoms with Crippen LogP contribution < -0.4 is 10.6 Å². The highest BCUT2D eigenvalue weighted by molar-refractivity contribution is 5.97. The van der Waals surface area contributed by atoms with Crippen molar-refractivity contribution in [2.24, 2.45) is 5.92 Å². The van der Waals surface area contributed by atoms with Crippen LogP contribution in [0.4, 0.5) is 16.3 Å². The Balaban J connectivity index is 1.89. The van der Waals surface area contributed by atoms with Crippen LogP contribution in [-0.4, -0.2) is 39.7 Å². The Hall–Kier alpha value is -3.61. The molecular weight excluding hydrogens is 498 g/mol. The minimum absolute atomic E-state index is 0.0747. The van der Waals surface area contributed by atoms with Crippen LogP contribution in [0.15, 0.2) is 48.5 Å². The lowest BCUT2D eigenvalue weighted by Gasteiger charge is -2.27. The van der Waals surface area contributed by atoms with Gasteiger partial charge in [-0.2, -0.15) is 5.10 Å². The van der Waals surface area contributed by atoms with Gasteiger partial charge in [0.15, 0.2) is 0 Å². The molecule has 0 radical (unpaired) electrons. The summed E-state index contributed by atoms with van der Waals surface area (Å²) < 4.78 is 1.77. The second kappa shape index (κ2) is 12.7. The van der Waals surface area contributed by atoms with Crippen LogP contribution in [0, 0.1) is 12.8 Å². The number of anilines is 2. The van der Waals surface area contributed by atoms with Crippen molar-refractivity contribution >= 4 is 23.4 Å². The third kappa shape index (κ3) is 7.74. The average Bonchev–Trinajstić information content (AvgIpc) is 3.27. The molecule has 7 nitrogen and oxygen atoms in total. The van der Waals surface area contributed by atoms with E-state index in [1.807, 2.05) is 57.2 Å². The number of benzene rings is 2. The molecule has 0 aliphatic rings. The molecule has 3 rings (SSSR count). The number of rotatable bonds is 9. The molecule has 40 heavy (non-hydrogen) atoms. The number of amides is 3. The number of carbonyl (C=O) groups excluding carboxylic acids is 2. The Morgan fingerprint density at radius 3 is 2.02 bits per heavy atom. The second-order valence-electron chi connectivity index (χ2n) is 12.8. The molecule has 2 N–H and O–H groups in total. The van der Waals surface area contributed by atoms with Gasteiger partial charge in [0.05, 0.1) is 11.4 Å². The van der Waals surface area contributed by atoms with Crippen molar-refractivity contribution in [2.75, 3.05) is 23.7 Å². The van der Waals surface area contributed by atoms with Gasteiger partial charge in [-0.25, -0.2) is 9.48 Å². The number of urea groups is 1. The molecule has 0 saturated heterocycles. The molecule has 2 aromatic carbocycles. The summed E-state index contributed by atoms with van der Waals surface area (Å²) >= 11 is 0. The minimum Gasteiger partial charge on any atom is -0.315 e. The van der Waals surface area contributed by atoms with E-state index in [4.69, 9.17) is 5.10 Å². The van der Waals surface area contributed by atoms with Crippen molar-refractivity contribution in [1.82, 2.24) is 14.7 Å². The van der Waals surface area contributed by atoms with E-state index in [1.165, 1.54) is 0 Å². The van der Waals surface area contributed by atoms with E-state index in [0.717, 1.165) is 33.8 Å². The summed E-state index contributed by atoms with van der Waals surface area (Å²) in [5.41, 5.74) is 5.66. The van der Waals surface area contributed by atoms with E-state index in [9.17, 15) is 9.59 Å². The second-order valence-corrected chi connectivity index (χ2v) is 12.8. The molecule has 0 fully saturated rings. The minimum atomic E-state index is -0.276. The first-order chi connectivity index (χ1) is 18.7. The smallest absolute Gasteiger partial charge is 0.315 e. The largest absolute Gasteiger partial charge is 0.322 e. The molecule has 0 spiro atoms. The van der Waals surface area contributed by atoms with Crippen molar-refractivity contribution < 1.29 is 9.59 Å². The van der Waals surface area contributed by atoms with Gasteiger partial charge in [0.25, 0.3) is 0 Å². The molecule has 3 amide bonds. The Morgan fingerprint density at radius 2 is 1.50 bits per heavy atom. The maximum atomic E-state index is 13.7. The van der Waals surface area contributed by atoms with Gasteiger partial charge in [-0.3, -0.25) is 4.79 Å². The lowest BCUT2D eigenvalue weighted by atomic mass is 9.92. The van der Waals surface area contributed by atoms with Crippen LogP contribution in [0.25, 0.3) is 5.69 Å². The Kier molecular flexibility index (Phi) is 9.82. The molecule has 0 unspecified atom stereocenters. The van der Waals surface area contributed by atoms with Crippen LogP contribution in [-0.2, 0) is 10.2 Å². The number of carbonyl (C=O) groups is 2. The summed E-state index contributed by atoms with van der Waals surface area (Å²) in [6, 6.07) is 15.8. The van der Waals surface area contributed by atoms with E-state index in [-0.39, 0.29) is 41.7 Å². The molecule has 3 aromatic rings. The van der Waals surface area contributed by atoms with Crippen LogP contribution in [0.1, 0.15) is 96.5 Å². The maximum Gasteiger partial charge on any atom is 0.322 e. The molecule has 7 heteroatoms. The molecule has 1 aromatic heterocycles. The fourth-order valence-electron chi connectivity index (χ4n) is 4.69. The summed E-state index contributed by atoms with van der Waals surface area (Å²) in [6.45, 7) is 21.3. The summed E-state index contributed by atoms with van der Waals surface area (Å²) in [4.78, 5) is 28.7. The SMILES string of the molecule is Cc1cccc(-n2nc(C(C)(C)C)cc2NC(=O)CN(CC(C)C)C(=O)Nc2c(C(C)C)cccc2C(C)C)c1. The van der Waals surface area contributed by atoms with E-state index in [2.05, 4.69) is 71.2 Å². The first kappa shape index (κ1) is 30.9. The molecule has 216 valence electrons. The quantitative estimate of drug-likeness (QED) is 0.287. The average molecular weight is 546 g/mol. The molecule has 1 heterocycles. The van der Waals surface area contributed by atoms with Gasteiger partial charge in [-0.15, -0.1) is 0 Å². The van der Waals surface area contributed by atoms with Gasteiger partial charge in [-0.05, 0) is 53.5 Å². The van der Waals surface area contributed by atoms with E-state index >= 15 is 0 Å². The topological polar surface area (TPSA) is 79.3 Å². The molecule has 0 atom stereocenters. The van der Waals surface area contributed by atoms with Gasteiger partial charge in [0.2, 0.25) is 5.91 Å². The molecule has 0 aliphatic heterocycles. The number of nitrogens with zero attached hydrogens (tertiary/aromatic N) is 3. The fraction of sp³-hybridized carbons (Fsp3) is 0.485. The lowest BCUT2D eigenvalue weighted by Crippen LogP contribution is -2.43. The van der Waals surface area contributed by atoms with E-state index in [1.54, 1.807) is 9.58 Å². The van der Waals surface area contributed by atoms with Gasteiger partial charge in [0.1, 0.15) is 12.4 Å². The molecule has 0 bridgehead atoms. The van der Waals surface area contributed by atoms with Crippen molar-refractivity contribution in [2.45, 2.75) is 86.5 Å². The number of hydrogen-bond donors (Lipinski definition) is 2. The van der Waals surface area contributed by atoms with Gasteiger partial charge >= 0.3 is 6.03 Å². The zero-order valence-corrected chi connectivity index (χ0v) is 25.9. The highest BCUT2D eigenvalue weighted by Gasteiger charge is 2.25.